The minimum Gasteiger partial charge on any atom is -0.480 e. The molecule has 1 saturated carbocycles. The van der Waals surface area contributed by atoms with Crippen LogP contribution in [0.4, 0.5) is 4.79 Å². The minimum atomic E-state index is -1.23. The molecular weight excluding hydrogens is 460 g/mol. The first-order chi connectivity index (χ1) is 17.1. The van der Waals surface area contributed by atoms with Gasteiger partial charge in [-0.25, -0.2) is 9.59 Å². The summed E-state index contributed by atoms with van der Waals surface area (Å²) in [4.78, 5) is 39.0. The summed E-state index contributed by atoms with van der Waals surface area (Å²) in [5.41, 5.74) is 0.955. The van der Waals surface area contributed by atoms with Crippen LogP contribution in [0.2, 0.25) is 0 Å². The largest absolute Gasteiger partial charge is 0.480 e. The molecule has 1 fully saturated rings. The number of amides is 2. The van der Waals surface area contributed by atoms with Crippen molar-refractivity contribution in [2.24, 2.45) is 5.92 Å². The fourth-order valence-corrected chi connectivity index (χ4v) is 3.70. The molecule has 2 amide bonds. The van der Waals surface area contributed by atoms with Crippen molar-refractivity contribution in [1.82, 2.24) is 10.2 Å². The van der Waals surface area contributed by atoms with Crippen LogP contribution in [0, 0.1) is 5.92 Å². The molecule has 3 rings (SSSR count). The van der Waals surface area contributed by atoms with E-state index in [1.54, 1.807) is 4.90 Å². The van der Waals surface area contributed by atoms with Crippen molar-refractivity contribution >= 4 is 18.0 Å². The van der Waals surface area contributed by atoms with E-state index in [-0.39, 0.29) is 19.6 Å². The van der Waals surface area contributed by atoms with Gasteiger partial charge in [0.25, 0.3) is 0 Å². The average molecular weight is 497 g/mol. The first kappa shape index (κ1) is 27.2. The highest BCUT2D eigenvalue weighted by atomic mass is 16.6. The number of carbonyl (C=O) groups excluding carboxylic acids is 2. The van der Waals surface area contributed by atoms with Crippen LogP contribution in [0.25, 0.3) is 0 Å². The molecule has 1 aliphatic rings. The summed E-state index contributed by atoms with van der Waals surface area (Å²) < 4.78 is 11.7. The van der Waals surface area contributed by atoms with E-state index in [1.807, 2.05) is 81.4 Å². The molecule has 2 atom stereocenters. The highest BCUT2D eigenvalue weighted by molar-refractivity contribution is 5.84. The Morgan fingerprint density at radius 2 is 1.64 bits per heavy atom. The van der Waals surface area contributed by atoms with Crippen LogP contribution in [0.5, 0.6) is 0 Å². The summed E-state index contributed by atoms with van der Waals surface area (Å²) in [6, 6.07) is 17.2. The lowest BCUT2D eigenvalue weighted by atomic mass is 10.1. The highest BCUT2D eigenvalue weighted by Crippen LogP contribution is 2.31. The van der Waals surface area contributed by atoms with E-state index in [4.69, 9.17) is 9.47 Å². The summed E-state index contributed by atoms with van der Waals surface area (Å²) >= 11 is 0. The van der Waals surface area contributed by atoms with E-state index in [0.29, 0.717) is 12.5 Å². The zero-order valence-corrected chi connectivity index (χ0v) is 21.2. The van der Waals surface area contributed by atoms with Crippen LogP contribution >= 0.6 is 0 Å². The van der Waals surface area contributed by atoms with Gasteiger partial charge < -0.3 is 24.8 Å². The number of benzene rings is 2. The van der Waals surface area contributed by atoms with E-state index < -0.39 is 35.7 Å². The fraction of sp³-hybridized carbons (Fsp3) is 0.464. The van der Waals surface area contributed by atoms with E-state index >= 15 is 0 Å². The maximum Gasteiger partial charge on any atom is 0.410 e. The molecule has 0 heterocycles. The van der Waals surface area contributed by atoms with Crippen molar-refractivity contribution in [2.75, 3.05) is 19.7 Å². The van der Waals surface area contributed by atoms with E-state index in [1.165, 1.54) is 0 Å². The van der Waals surface area contributed by atoms with Crippen molar-refractivity contribution in [3.8, 4) is 0 Å². The Kier molecular flexibility index (Phi) is 9.47. The molecule has 0 aromatic heterocycles. The summed E-state index contributed by atoms with van der Waals surface area (Å²) in [6.45, 7) is 5.97. The minimum absolute atomic E-state index is 0.0700. The third-order valence-electron chi connectivity index (χ3n) is 5.69. The topological polar surface area (TPSA) is 105 Å². The van der Waals surface area contributed by atoms with Crippen LogP contribution in [-0.4, -0.2) is 59.3 Å². The smallest absolute Gasteiger partial charge is 0.410 e. The Morgan fingerprint density at radius 1 is 1.03 bits per heavy atom. The fourth-order valence-electron chi connectivity index (χ4n) is 3.70. The Hall–Kier alpha value is -3.39. The lowest BCUT2D eigenvalue weighted by molar-refractivity contribution is -0.144. The van der Waals surface area contributed by atoms with Crippen molar-refractivity contribution < 1.29 is 29.0 Å². The third-order valence-corrected chi connectivity index (χ3v) is 5.69. The number of carboxylic acid groups (broad SMARTS) is 1. The van der Waals surface area contributed by atoms with Crippen molar-refractivity contribution in [1.29, 1.82) is 0 Å². The van der Waals surface area contributed by atoms with Gasteiger partial charge in [-0.3, -0.25) is 4.79 Å². The van der Waals surface area contributed by atoms with Gasteiger partial charge in [-0.2, -0.15) is 0 Å². The van der Waals surface area contributed by atoms with Crippen LogP contribution in [0.15, 0.2) is 60.7 Å². The molecule has 36 heavy (non-hydrogen) atoms. The summed E-state index contributed by atoms with van der Waals surface area (Å²) in [6.07, 6.45) is 1.17. The molecule has 2 aromatic carbocycles. The number of hydrogen-bond acceptors (Lipinski definition) is 5. The lowest BCUT2D eigenvalue weighted by Gasteiger charge is -2.31. The maximum absolute atomic E-state index is 13.0. The number of carbonyl (C=O) groups is 3. The third kappa shape index (κ3) is 9.34. The van der Waals surface area contributed by atoms with Crippen LogP contribution < -0.4 is 5.32 Å². The molecule has 0 saturated heterocycles. The molecule has 0 spiro atoms. The molecule has 0 unspecified atom stereocenters. The molecule has 2 aromatic rings. The second-order valence-corrected chi connectivity index (χ2v) is 10.2. The molecule has 194 valence electrons. The molecule has 8 nitrogen and oxygen atoms in total. The van der Waals surface area contributed by atoms with Crippen LogP contribution in [0.1, 0.15) is 50.8 Å². The number of ether oxygens (including phenoxy) is 2. The zero-order valence-electron chi connectivity index (χ0n) is 21.2. The monoisotopic (exact) mass is 496 g/mol. The zero-order chi connectivity index (χ0) is 26.1. The molecule has 0 bridgehead atoms. The number of aliphatic carboxylic acids is 1. The molecule has 0 radical (unpaired) electrons. The van der Waals surface area contributed by atoms with Gasteiger partial charge in [-0.15, -0.1) is 0 Å². The maximum atomic E-state index is 13.0. The van der Waals surface area contributed by atoms with Crippen LogP contribution in [0.3, 0.4) is 0 Å². The van der Waals surface area contributed by atoms with Gasteiger partial charge in [0.15, 0.2) is 6.04 Å². The Bertz CT molecular complexity index is 1000. The first-order valence-electron chi connectivity index (χ1n) is 12.3. The molecular formula is C28H36N2O6. The number of carboxylic acids is 1. The molecule has 2 N–H and O–H groups in total. The Labute approximate surface area is 212 Å². The van der Waals surface area contributed by atoms with Gasteiger partial charge in [-0.1, -0.05) is 60.7 Å². The standard InChI is InChI=1S/C28H36N2O6/c1-28(2,3)36-27(34)30(17-21-14-15-21)18-24(22-12-8-5-9-13-22)35-19-23(26(32)33)29-25(31)16-20-10-6-4-7-11-20/h4-13,21,23-24H,14-19H2,1-3H3,(H,29,31)(H,32,33)/t23-,24-/m1/s1. The van der Waals surface area contributed by atoms with Gasteiger partial charge in [0.1, 0.15) is 11.7 Å². The SMILES string of the molecule is CC(C)(C)OC(=O)N(CC1CC1)C[C@@H](OC[C@@H](NC(=O)Cc1ccccc1)C(=O)O)c1ccccc1. The van der Waals surface area contributed by atoms with Crippen LogP contribution in [-0.2, 0) is 25.5 Å². The van der Waals surface area contributed by atoms with E-state index in [9.17, 15) is 19.5 Å². The number of nitrogens with zero attached hydrogens (tertiary/aromatic N) is 1. The normalized spacial score (nSPS) is 15.0. The number of rotatable bonds is 12. The van der Waals surface area contributed by atoms with Gasteiger partial charge in [0.2, 0.25) is 5.91 Å². The number of hydrogen-bond donors (Lipinski definition) is 2. The van der Waals surface area contributed by atoms with Gasteiger partial charge >= 0.3 is 12.1 Å². The molecule has 8 heteroatoms. The first-order valence-corrected chi connectivity index (χ1v) is 12.3. The summed E-state index contributed by atoms with van der Waals surface area (Å²) in [5, 5.41) is 12.3. The molecule has 0 aliphatic heterocycles. The highest BCUT2D eigenvalue weighted by Gasteiger charge is 2.32. The lowest BCUT2D eigenvalue weighted by Crippen LogP contribution is -2.46. The van der Waals surface area contributed by atoms with Gasteiger partial charge in [0, 0.05) is 6.54 Å². The second-order valence-electron chi connectivity index (χ2n) is 10.2. The quantitative estimate of drug-likeness (QED) is 0.456. The Morgan fingerprint density at radius 3 is 2.19 bits per heavy atom. The van der Waals surface area contributed by atoms with Gasteiger partial charge in [-0.05, 0) is 50.7 Å². The van der Waals surface area contributed by atoms with Crippen molar-refractivity contribution in [2.45, 2.75) is 57.8 Å². The summed E-state index contributed by atoms with van der Waals surface area (Å²) in [5.74, 6) is -1.17. The number of nitrogens with one attached hydrogen (secondary N) is 1. The Balaban J connectivity index is 1.69. The van der Waals surface area contributed by atoms with Crippen molar-refractivity contribution in [3.05, 3.63) is 71.8 Å². The second kappa shape index (κ2) is 12.5. The molecule has 1 aliphatic carbocycles. The predicted octanol–water partition coefficient (Wildman–Crippen LogP) is 4.20. The predicted molar refractivity (Wildman–Crippen MR) is 135 cm³/mol. The van der Waals surface area contributed by atoms with Crippen molar-refractivity contribution in [3.63, 3.8) is 0 Å². The van der Waals surface area contributed by atoms with Gasteiger partial charge in [0.05, 0.1) is 19.6 Å². The average Bonchev–Trinajstić information content (AvgIpc) is 3.64. The van der Waals surface area contributed by atoms with E-state index in [0.717, 1.165) is 24.0 Å². The van der Waals surface area contributed by atoms with E-state index in [2.05, 4.69) is 5.32 Å². The summed E-state index contributed by atoms with van der Waals surface area (Å²) in [7, 11) is 0.